The molecule has 1 N–H and O–H groups in total. The lowest BCUT2D eigenvalue weighted by molar-refractivity contribution is -0.119. The van der Waals surface area contributed by atoms with Crippen LogP contribution in [0, 0.1) is 5.82 Å². The maximum absolute atomic E-state index is 13.9. The van der Waals surface area contributed by atoms with E-state index in [-0.39, 0.29) is 17.8 Å². The van der Waals surface area contributed by atoms with Crippen LogP contribution in [0.1, 0.15) is 19.8 Å². The zero-order valence-corrected chi connectivity index (χ0v) is 15.0. The van der Waals surface area contributed by atoms with Crippen molar-refractivity contribution in [3.63, 3.8) is 0 Å². The minimum absolute atomic E-state index is 0.00628. The number of nitrogens with zero attached hydrogens (tertiary/aromatic N) is 3. The molecule has 0 spiro atoms. The van der Waals surface area contributed by atoms with E-state index < -0.39 is 0 Å². The van der Waals surface area contributed by atoms with Gasteiger partial charge in [-0.25, -0.2) is 4.39 Å². The molecule has 1 saturated heterocycles. The Morgan fingerprint density at radius 1 is 1.39 bits per heavy atom. The molecule has 1 aromatic heterocycles. The van der Waals surface area contributed by atoms with Crippen LogP contribution in [0.5, 0.6) is 0 Å². The second-order valence-corrected chi connectivity index (χ2v) is 7.35. The molecule has 1 fully saturated rings. The number of carbonyl (C=O) groups excluding carboxylic acids is 1. The topological polar surface area (TPSA) is 58.1 Å². The van der Waals surface area contributed by atoms with Crippen LogP contribution in [-0.2, 0) is 4.79 Å². The highest BCUT2D eigenvalue weighted by Crippen LogP contribution is 2.33. The van der Waals surface area contributed by atoms with Crippen molar-refractivity contribution in [2.45, 2.75) is 25.8 Å². The van der Waals surface area contributed by atoms with Crippen LogP contribution in [0.15, 0.2) is 22.7 Å². The summed E-state index contributed by atoms with van der Waals surface area (Å²) in [6.45, 7) is 3.15. The van der Waals surface area contributed by atoms with Crippen LogP contribution < -0.4 is 10.2 Å². The van der Waals surface area contributed by atoms with E-state index in [0.717, 1.165) is 35.5 Å². The largest absolute Gasteiger partial charge is 0.353 e. The molecule has 0 aliphatic carbocycles. The Morgan fingerprint density at radius 3 is 2.83 bits per heavy atom. The highest BCUT2D eigenvalue weighted by molar-refractivity contribution is 9.10. The predicted molar refractivity (Wildman–Crippen MR) is 92.1 cm³/mol. The molecular formula is C15H16BrFN4OS. The smallest absolute Gasteiger partial charge is 0.217 e. The fourth-order valence-corrected chi connectivity index (χ4v) is 3.89. The molecule has 1 amide bonds. The molecule has 122 valence electrons. The van der Waals surface area contributed by atoms with Crippen LogP contribution in [0.3, 0.4) is 0 Å². The highest BCUT2D eigenvalue weighted by Gasteiger charge is 2.23. The van der Waals surface area contributed by atoms with Crippen molar-refractivity contribution in [2.75, 3.05) is 18.0 Å². The van der Waals surface area contributed by atoms with E-state index in [2.05, 4.69) is 36.3 Å². The number of halogens is 2. The van der Waals surface area contributed by atoms with Crippen molar-refractivity contribution in [3.05, 3.63) is 28.5 Å². The molecule has 2 aromatic rings. The molecule has 0 unspecified atom stereocenters. The van der Waals surface area contributed by atoms with Gasteiger partial charge in [0.2, 0.25) is 11.0 Å². The standard InChI is InChI=1S/C15H16BrFN4OS/c1-9(22)18-11-4-6-21(7-5-11)15-20-19-14(23-15)12-8-10(16)2-3-13(12)17/h2-3,8,11H,4-7H2,1H3,(H,18,22). The van der Waals surface area contributed by atoms with Crippen molar-refractivity contribution in [1.29, 1.82) is 0 Å². The number of hydrogen-bond acceptors (Lipinski definition) is 5. The van der Waals surface area contributed by atoms with E-state index in [1.54, 1.807) is 12.1 Å². The maximum atomic E-state index is 13.9. The monoisotopic (exact) mass is 398 g/mol. The summed E-state index contributed by atoms with van der Waals surface area (Å²) in [5.41, 5.74) is 0.455. The summed E-state index contributed by atoms with van der Waals surface area (Å²) in [5, 5.41) is 12.6. The van der Waals surface area contributed by atoms with Crippen LogP contribution in [0.25, 0.3) is 10.6 Å². The van der Waals surface area contributed by atoms with E-state index in [4.69, 9.17) is 0 Å². The zero-order chi connectivity index (χ0) is 16.4. The number of benzene rings is 1. The quantitative estimate of drug-likeness (QED) is 0.861. The number of hydrogen-bond donors (Lipinski definition) is 1. The van der Waals surface area contributed by atoms with Crippen LogP contribution in [-0.4, -0.2) is 35.2 Å². The third-order valence-corrected chi connectivity index (χ3v) is 5.26. The van der Waals surface area contributed by atoms with Crippen LogP contribution in [0.2, 0.25) is 0 Å². The summed E-state index contributed by atoms with van der Waals surface area (Å²) >= 11 is 4.73. The molecule has 3 rings (SSSR count). The molecule has 2 heterocycles. The number of amides is 1. The Morgan fingerprint density at radius 2 is 2.13 bits per heavy atom. The Labute approximate surface area is 146 Å². The van der Waals surface area contributed by atoms with Crippen molar-refractivity contribution >= 4 is 38.3 Å². The summed E-state index contributed by atoms with van der Waals surface area (Å²) in [7, 11) is 0. The lowest BCUT2D eigenvalue weighted by Gasteiger charge is -2.31. The average molecular weight is 399 g/mol. The van der Waals surface area contributed by atoms with Gasteiger partial charge in [-0.2, -0.15) is 0 Å². The van der Waals surface area contributed by atoms with Gasteiger partial charge in [0.25, 0.3) is 0 Å². The maximum Gasteiger partial charge on any atom is 0.217 e. The first-order chi connectivity index (χ1) is 11.0. The third kappa shape index (κ3) is 3.87. The van der Waals surface area contributed by atoms with E-state index >= 15 is 0 Å². The summed E-state index contributed by atoms with van der Waals surface area (Å²) in [6.07, 6.45) is 1.75. The minimum atomic E-state index is -0.305. The lowest BCUT2D eigenvalue weighted by atomic mass is 10.1. The molecule has 5 nitrogen and oxygen atoms in total. The fraction of sp³-hybridized carbons (Fsp3) is 0.400. The van der Waals surface area contributed by atoms with Crippen LogP contribution in [0.4, 0.5) is 9.52 Å². The molecule has 8 heteroatoms. The number of nitrogens with one attached hydrogen (secondary N) is 1. The Hall–Kier alpha value is -1.54. The molecule has 1 aromatic carbocycles. The van der Waals surface area contributed by atoms with Gasteiger partial charge in [0.15, 0.2) is 5.01 Å². The van der Waals surface area contributed by atoms with Gasteiger partial charge in [0.05, 0.1) is 0 Å². The molecule has 0 saturated carbocycles. The number of rotatable bonds is 3. The van der Waals surface area contributed by atoms with E-state index in [0.29, 0.717) is 10.6 Å². The Kier molecular flexibility index (Phi) is 4.91. The van der Waals surface area contributed by atoms with Gasteiger partial charge >= 0.3 is 0 Å². The summed E-state index contributed by atoms with van der Waals surface area (Å²) in [5.74, 6) is -0.299. The normalized spacial score (nSPS) is 15.7. The van der Waals surface area contributed by atoms with Gasteiger partial charge in [-0.05, 0) is 31.0 Å². The summed E-state index contributed by atoms with van der Waals surface area (Å²) in [6, 6.07) is 5.01. The molecular weight excluding hydrogens is 383 g/mol. The fourth-order valence-electron chi connectivity index (χ4n) is 2.62. The van der Waals surface area contributed by atoms with Gasteiger partial charge in [-0.15, -0.1) is 10.2 Å². The van der Waals surface area contributed by atoms with E-state index in [1.807, 2.05) is 0 Å². The lowest BCUT2D eigenvalue weighted by Crippen LogP contribution is -2.44. The second kappa shape index (κ2) is 6.92. The molecule has 1 aliphatic heterocycles. The van der Waals surface area contributed by atoms with Crippen LogP contribution >= 0.6 is 27.3 Å². The van der Waals surface area contributed by atoms with E-state index in [9.17, 15) is 9.18 Å². The van der Waals surface area contributed by atoms with E-state index in [1.165, 1.54) is 24.3 Å². The molecule has 0 bridgehead atoms. The number of anilines is 1. The van der Waals surface area contributed by atoms with Gasteiger partial charge in [0.1, 0.15) is 5.82 Å². The first-order valence-electron chi connectivity index (χ1n) is 7.34. The average Bonchev–Trinajstić information content (AvgIpc) is 2.99. The SMILES string of the molecule is CC(=O)NC1CCN(c2nnc(-c3cc(Br)ccc3F)s2)CC1. The summed E-state index contributed by atoms with van der Waals surface area (Å²) < 4.78 is 14.8. The van der Waals surface area contributed by atoms with Crippen molar-refractivity contribution in [2.24, 2.45) is 0 Å². The molecule has 23 heavy (non-hydrogen) atoms. The van der Waals surface area contributed by atoms with Gasteiger partial charge < -0.3 is 10.2 Å². The van der Waals surface area contributed by atoms with Gasteiger partial charge in [0, 0.05) is 36.1 Å². The van der Waals surface area contributed by atoms with Crippen molar-refractivity contribution in [1.82, 2.24) is 15.5 Å². The molecule has 0 radical (unpaired) electrons. The minimum Gasteiger partial charge on any atom is -0.353 e. The predicted octanol–water partition coefficient (Wildman–Crippen LogP) is 3.21. The number of piperidine rings is 1. The number of carbonyl (C=O) groups is 1. The number of aromatic nitrogens is 2. The summed E-state index contributed by atoms with van der Waals surface area (Å²) in [4.78, 5) is 13.2. The van der Waals surface area contributed by atoms with Crippen molar-refractivity contribution < 1.29 is 9.18 Å². The van der Waals surface area contributed by atoms with Gasteiger partial charge in [-0.3, -0.25) is 4.79 Å². The highest BCUT2D eigenvalue weighted by atomic mass is 79.9. The van der Waals surface area contributed by atoms with Crippen molar-refractivity contribution in [3.8, 4) is 10.6 Å². The van der Waals surface area contributed by atoms with Gasteiger partial charge in [-0.1, -0.05) is 27.3 Å². The Balaban J connectivity index is 1.71. The zero-order valence-electron chi connectivity index (χ0n) is 12.6. The first kappa shape index (κ1) is 16.3. The first-order valence-corrected chi connectivity index (χ1v) is 8.95. The Bertz CT molecular complexity index is 715. The third-order valence-electron chi connectivity index (χ3n) is 3.75. The second-order valence-electron chi connectivity index (χ2n) is 5.48. The molecule has 0 atom stereocenters. The molecule has 1 aliphatic rings.